The molecule has 5 heteroatoms. The van der Waals surface area contributed by atoms with Crippen molar-refractivity contribution >= 4 is 10.1 Å². The fraction of sp³-hybridized carbons (Fsp3) is 1.00. The molecular weight excluding hydrogens is 384 g/mol. The molecule has 0 aliphatic heterocycles. The molecule has 0 aromatic carbocycles. The first-order chi connectivity index (χ1) is 13.9. The van der Waals surface area contributed by atoms with E-state index in [1.807, 2.05) is 0 Å². The predicted molar refractivity (Wildman–Crippen MR) is 125 cm³/mol. The van der Waals surface area contributed by atoms with Crippen LogP contribution in [0, 0.1) is 0 Å². The molecule has 0 spiro atoms. The molecule has 0 heterocycles. The molecular formula is C24H50O4S. The summed E-state index contributed by atoms with van der Waals surface area (Å²) >= 11 is 0. The van der Waals surface area contributed by atoms with Crippen molar-refractivity contribution in [1.82, 2.24) is 0 Å². The molecule has 2 N–H and O–H groups in total. The van der Waals surface area contributed by atoms with Gasteiger partial charge in [0, 0.05) is 0 Å². The molecule has 0 bridgehead atoms. The van der Waals surface area contributed by atoms with E-state index in [-0.39, 0.29) is 6.42 Å². The molecule has 0 radical (unpaired) electrons. The Balaban J connectivity index is 3.33. The van der Waals surface area contributed by atoms with Crippen LogP contribution in [0.25, 0.3) is 0 Å². The second-order valence-corrected chi connectivity index (χ2v) is 10.7. The summed E-state index contributed by atoms with van der Waals surface area (Å²) in [7, 11) is -4.04. The molecule has 0 aliphatic rings. The zero-order valence-electron chi connectivity index (χ0n) is 19.4. The average molecular weight is 435 g/mol. The quantitative estimate of drug-likeness (QED) is 0.137. The number of unbranched alkanes of at least 4 members (excludes halogenated alkanes) is 17. The van der Waals surface area contributed by atoms with Gasteiger partial charge in [-0.05, 0) is 19.8 Å². The predicted octanol–water partition coefficient (Wildman–Crippen LogP) is 7.45. The number of aliphatic hydroxyl groups is 1. The summed E-state index contributed by atoms with van der Waals surface area (Å²) in [5.41, 5.74) is 0. The highest BCUT2D eigenvalue weighted by atomic mass is 32.2. The van der Waals surface area contributed by atoms with Crippen LogP contribution in [0.5, 0.6) is 0 Å². The van der Waals surface area contributed by atoms with Gasteiger partial charge in [-0.25, -0.2) is 0 Å². The minimum Gasteiger partial charge on any atom is -0.393 e. The van der Waals surface area contributed by atoms with E-state index in [0.29, 0.717) is 6.42 Å². The molecule has 0 aromatic heterocycles. The first-order valence-corrected chi connectivity index (χ1v) is 14.0. The van der Waals surface area contributed by atoms with Gasteiger partial charge in [-0.1, -0.05) is 122 Å². The van der Waals surface area contributed by atoms with E-state index in [1.54, 1.807) is 6.92 Å². The molecule has 0 saturated carbocycles. The fourth-order valence-corrected chi connectivity index (χ4v) is 5.03. The summed E-state index contributed by atoms with van der Waals surface area (Å²) in [5, 5.41) is 8.55. The maximum atomic E-state index is 11.3. The van der Waals surface area contributed by atoms with Crippen molar-refractivity contribution in [3.8, 4) is 0 Å². The molecule has 2 atom stereocenters. The maximum Gasteiger partial charge on any atom is 0.267 e. The fourth-order valence-electron chi connectivity index (χ4n) is 4.04. The molecule has 2 unspecified atom stereocenters. The van der Waals surface area contributed by atoms with Gasteiger partial charge in [-0.2, -0.15) is 8.42 Å². The zero-order valence-corrected chi connectivity index (χ0v) is 20.2. The first-order valence-electron chi connectivity index (χ1n) is 12.5. The monoisotopic (exact) mass is 434 g/mol. The lowest BCUT2D eigenvalue weighted by molar-refractivity contribution is 0.179. The lowest BCUT2D eigenvalue weighted by Crippen LogP contribution is -2.24. The molecule has 0 aliphatic carbocycles. The molecule has 176 valence electrons. The summed E-state index contributed by atoms with van der Waals surface area (Å²) in [4.78, 5) is 0. The lowest BCUT2D eigenvalue weighted by Gasteiger charge is -2.15. The molecule has 0 fully saturated rings. The number of hydrogen-bond donors (Lipinski definition) is 2. The summed E-state index contributed by atoms with van der Waals surface area (Å²) in [6, 6.07) is 0. The van der Waals surface area contributed by atoms with E-state index in [1.165, 1.54) is 96.3 Å². The van der Waals surface area contributed by atoms with Crippen LogP contribution in [0.4, 0.5) is 0 Å². The maximum absolute atomic E-state index is 11.3. The number of aliphatic hydroxyl groups excluding tert-OH is 1. The van der Waals surface area contributed by atoms with Crippen LogP contribution in [0.2, 0.25) is 0 Å². The van der Waals surface area contributed by atoms with E-state index in [9.17, 15) is 18.1 Å². The Bertz CT molecular complexity index is 434. The molecule has 0 saturated heterocycles. The van der Waals surface area contributed by atoms with Crippen LogP contribution in [-0.2, 0) is 10.1 Å². The molecule has 29 heavy (non-hydrogen) atoms. The van der Waals surface area contributed by atoms with Crippen molar-refractivity contribution in [2.75, 3.05) is 0 Å². The smallest absolute Gasteiger partial charge is 0.267 e. The van der Waals surface area contributed by atoms with Crippen LogP contribution in [0.3, 0.4) is 0 Å². The van der Waals surface area contributed by atoms with Crippen molar-refractivity contribution in [2.24, 2.45) is 0 Å². The van der Waals surface area contributed by atoms with Crippen molar-refractivity contribution in [3.63, 3.8) is 0 Å². The SMILES string of the molecule is CCCCCCCCCCCCCCCCCCCCC(CC(C)O)S(=O)(=O)O. The standard InChI is InChI=1S/C24H50O4S/c1-3-4-5-6-7-8-9-10-11-12-13-14-15-16-17-18-19-20-21-24(22-23(2)25)29(26,27)28/h23-25H,3-22H2,1-2H3,(H,26,27,28). The molecule has 4 nitrogen and oxygen atoms in total. The third kappa shape index (κ3) is 20.9. The van der Waals surface area contributed by atoms with Gasteiger partial charge in [0.1, 0.15) is 0 Å². The Kier molecular flexibility index (Phi) is 19.7. The Morgan fingerprint density at radius 2 is 0.931 bits per heavy atom. The second kappa shape index (κ2) is 19.8. The molecule has 0 amide bonds. The van der Waals surface area contributed by atoms with Crippen LogP contribution in [0.1, 0.15) is 142 Å². The highest BCUT2D eigenvalue weighted by molar-refractivity contribution is 7.86. The summed E-state index contributed by atoms with van der Waals surface area (Å²) < 4.78 is 31.9. The third-order valence-electron chi connectivity index (χ3n) is 5.90. The van der Waals surface area contributed by atoms with Gasteiger partial charge in [0.2, 0.25) is 0 Å². The average Bonchev–Trinajstić information content (AvgIpc) is 2.65. The molecule has 0 aromatic rings. The second-order valence-electron chi connectivity index (χ2n) is 9.02. The van der Waals surface area contributed by atoms with Crippen LogP contribution < -0.4 is 0 Å². The first kappa shape index (κ1) is 28.9. The van der Waals surface area contributed by atoms with Gasteiger partial charge in [-0.3, -0.25) is 4.55 Å². The summed E-state index contributed by atoms with van der Waals surface area (Å²) in [6.45, 7) is 3.83. The number of hydrogen-bond acceptors (Lipinski definition) is 3. The highest BCUT2D eigenvalue weighted by Crippen LogP contribution is 2.18. The van der Waals surface area contributed by atoms with Crippen LogP contribution in [0.15, 0.2) is 0 Å². The van der Waals surface area contributed by atoms with Crippen molar-refractivity contribution in [3.05, 3.63) is 0 Å². The Morgan fingerprint density at radius 1 is 0.621 bits per heavy atom. The van der Waals surface area contributed by atoms with Crippen LogP contribution in [-0.4, -0.2) is 29.4 Å². The minimum absolute atomic E-state index is 0.123. The van der Waals surface area contributed by atoms with E-state index in [4.69, 9.17) is 0 Å². The van der Waals surface area contributed by atoms with E-state index < -0.39 is 21.5 Å². The molecule has 0 rings (SSSR count). The van der Waals surface area contributed by atoms with E-state index >= 15 is 0 Å². The highest BCUT2D eigenvalue weighted by Gasteiger charge is 2.23. The van der Waals surface area contributed by atoms with Gasteiger partial charge in [-0.15, -0.1) is 0 Å². The Labute approximate surface area is 182 Å². The van der Waals surface area contributed by atoms with Crippen molar-refractivity contribution < 1.29 is 18.1 Å². The normalized spacial score (nSPS) is 14.2. The van der Waals surface area contributed by atoms with Gasteiger partial charge in [0.25, 0.3) is 10.1 Å². The minimum atomic E-state index is -4.04. The summed E-state index contributed by atoms with van der Waals surface area (Å²) in [5.74, 6) is 0. The van der Waals surface area contributed by atoms with Crippen LogP contribution >= 0.6 is 0 Å². The largest absolute Gasteiger partial charge is 0.393 e. The van der Waals surface area contributed by atoms with Gasteiger partial charge >= 0.3 is 0 Å². The van der Waals surface area contributed by atoms with Gasteiger partial charge in [0.05, 0.1) is 11.4 Å². The number of rotatable bonds is 22. The Hall–Kier alpha value is -0.130. The van der Waals surface area contributed by atoms with Gasteiger partial charge < -0.3 is 5.11 Å². The third-order valence-corrected chi connectivity index (χ3v) is 7.18. The van der Waals surface area contributed by atoms with E-state index in [0.717, 1.165) is 19.3 Å². The van der Waals surface area contributed by atoms with Crippen molar-refractivity contribution in [1.29, 1.82) is 0 Å². The summed E-state index contributed by atoms with van der Waals surface area (Å²) in [6.07, 6.45) is 23.4. The lowest BCUT2D eigenvalue weighted by atomic mass is 10.0. The van der Waals surface area contributed by atoms with Gasteiger partial charge in [0.15, 0.2) is 0 Å². The topological polar surface area (TPSA) is 74.6 Å². The zero-order chi connectivity index (χ0) is 21.8. The van der Waals surface area contributed by atoms with E-state index in [2.05, 4.69) is 6.92 Å². The van der Waals surface area contributed by atoms with Crippen molar-refractivity contribution in [2.45, 2.75) is 154 Å². The Morgan fingerprint density at radius 3 is 1.21 bits per heavy atom.